The molecule has 1 saturated heterocycles. The van der Waals surface area contributed by atoms with Gasteiger partial charge in [0.15, 0.2) is 11.5 Å². The molecule has 11 heteroatoms. The third-order valence-corrected chi connectivity index (χ3v) is 6.06. The molecule has 1 aromatic carbocycles. The van der Waals surface area contributed by atoms with Crippen LogP contribution in [0.1, 0.15) is 11.4 Å². The largest absolute Gasteiger partial charge is 0.497 e. The van der Waals surface area contributed by atoms with E-state index in [2.05, 4.69) is 4.90 Å². The molecule has 0 radical (unpaired) electrons. The average Bonchev–Trinajstić information content (AvgIpc) is 3.16. The average molecular weight is 481 g/mol. The van der Waals surface area contributed by atoms with Gasteiger partial charge in [0.2, 0.25) is 0 Å². The molecular weight excluding hydrogens is 456 g/mol. The van der Waals surface area contributed by atoms with Gasteiger partial charge in [-0.25, -0.2) is 9.97 Å². The fourth-order valence-electron chi connectivity index (χ4n) is 3.70. The lowest BCUT2D eigenvalue weighted by atomic mass is 10.1. The quantitative estimate of drug-likeness (QED) is 0.358. The van der Waals surface area contributed by atoms with Crippen molar-refractivity contribution in [3.05, 3.63) is 41.9 Å². The Morgan fingerprint density at radius 3 is 2.69 bits per heavy atom. The molecule has 1 fully saturated rings. The number of hydrogen-bond donors (Lipinski definition) is 0. The first-order chi connectivity index (χ1) is 15.4. The Labute approximate surface area is 192 Å². The summed E-state index contributed by atoms with van der Waals surface area (Å²) < 4.78 is 40.6. The van der Waals surface area contributed by atoms with E-state index in [1.165, 1.54) is 0 Å². The number of hydrogen-bond acceptors (Lipinski definition) is 8. The van der Waals surface area contributed by atoms with Gasteiger partial charge in [-0.1, -0.05) is 12.1 Å². The number of methoxy groups -OCH3 is 1. The van der Waals surface area contributed by atoms with Crippen LogP contribution in [-0.2, 0) is 31.3 Å². The SMILES string of the molecule is COc1cccc(-c2cn3c(CCOS(C)(=O)=O)c(CCl)nc3c(N3CCOCC3)n2)c1. The summed E-state index contributed by atoms with van der Waals surface area (Å²) in [6.45, 7) is 2.60. The summed E-state index contributed by atoms with van der Waals surface area (Å²) >= 11 is 6.20. The van der Waals surface area contributed by atoms with Gasteiger partial charge in [-0.2, -0.15) is 8.42 Å². The number of alkyl halides is 1. The summed E-state index contributed by atoms with van der Waals surface area (Å²) in [5.41, 5.74) is 3.76. The van der Waals surface area contributed by atoms with Crippen LogP contribution in [0.5, 0.6) is 5.75 Å². The van der Waals surface area contributed by atoms with Gasteiger partial charge in [0, 0.05) is 37.0 Å². The first-order valence-electron chi connectivity index (χ1n) is 10.2. The van der Waals surface area contributed by atoms with Gasteiger partial charge in [0.25, 0.3) is 10.1 Å². The van der Waals surface area contributed by atoms with Gasteiger partial charge in [0.1, 0.15) is 5.75 Å². The lowest BCUT2D eigenvalue weighted by Crippen LogP contribution is -2.37. The van der Waals surface area contributed by atoms with Crippen molar-refractivity contribution in [1.29, 1.82) is 0 Å². The number of nitrogens with zero attached hydrogens (tertiary/aromatic N) is 4. The van der Waals surface area contributed by atoms with E-state index in [9.17, 15) is 8.42 Å². The molecule has 0 atom stereocenters. The Kier molecular flexibility index (Phi) is 6.85. The topological polar surface area (TPSA) is 95.3 Å². The first kappa shape index (κ1) is 22.8. The minimum absolute atomic E-state index is 0.000217. The van der Waals surface area contributed by atoms with Gasteiger partial charge >= 0.3 is 0 Å². The van der Waals surface area contributed by atoms with Crippen molar-refractivity contribution in [2.75, 3.05) is 51.2 Å². The van der Waals surface area contributed by atoms with Crippen molar-refractivity contribution in [2.24, 2.45) is 0 Å². The van der Waals surface area contributed by atoms with Crippen LogP contribution in [0.15, 0.2) is 30.5 Å². The van der Waals surface area contributed by atoms with Gasteiger partial charge in [-0.15, -0.1) is 11.6 Å². The van der Waals surface area contributed by atoms with Crippen molar-refractivity contribution in [1.82, 2.24) is 14.4 Å². The molecule has 0 spiro atoms. The summed E-state index contributed by atoms with van der Waals surface area (Å²) in [6.07, 6.45) is 3.26. The van der Waals surface area contributed by atoms with Crippen LogP contribution in [0.25, 0.3) is 16.9 Å². The molecule has 0 aliphatic carbocycles. The summed E-state index contributed by atoms with van der Waals surface area (Å²) in [7, 11) is -1.92. The third kappa shape index (κ3) is 4.98. The number of morpholine rings is 1. The highest BCUT2D eigenvalue weighted by atomic mass is 35.5. The van der Waals surface area contributed by atoms with Crippen LogP contribution in [0.2, 0.25) is 0 Å². The number of imidazole rings is 1. The van der Waals surface area contributed by atoms with E-state index in [0.717, 1.165) is 34.8 Å². The van der Waals surface area contributed by atoms with Crippen LogP contribution < -0.4 is 9.64 Å². The fraction of sp³-hybridized carbons (Fsp3) is 0.429. The zero-order valence-corrected chi connectivity index (χ0v) is 19.5. The summed E-state index contributed by atoms with van der Waals surface area (Å²) in [6, 6.07) is 7.67. The van der Waals surface area contributed by atoms with Crippen molar-refractivity contribution < 1.29 is 22.1 Å². The van der Waals surface area contributed by atoms with Gasteiger partial charge in [-0.3, -0.25) is 8.58 Å². The van der Waals surface area contributed by atoms with E-state index >= 15 is 0 Å². The Hall–Kier alpha value is -2.40. The van der Waals surface area contributed by atoms with E-state index in [1.807, 2.05) is 34.9 Å². The number of anilines is 1. The molecular formula is C21H25ClN4O5S. The number of rotatable bonds is 8. The van der Waals surface area contributed by atoms with Crippen molar-refractivity contribution in [3.63, 3.8) is 0 Å². The summed E-state index contributed by atoms with van der Waals surface area (Å²) in [5.74, 6) is 1.65. The molecule has 3 aromatic rings. The smallest absolute Gasteiger partial charge is 0.264 e. The second kappa shape index (κ2) is 9.62. The second-order valence-corrected chi connectivity index (χ2v) is 9.30. The Morgan fingerprint density at radius 2 is 2.00 bits per heavy atom. The predicted octanol–water partition coefficient (Wildman–Crippen LogP) is 2.50. The molecule has 0 N–H and O–H groups in total. The molecule has 9 nitrogen and oxygen atoms in total. The van der Waals surface area contributed by atoms with E-state index in [1.54, 1.807) is 7.11 Å². The Bertz CT molecular complexity index is 1210. The second-order valence-electron chi connectivity index (χ2n) is 7.39. The molecule has 0 unspecified atom stereocenters. The molecule has 32 heavy (non-hydrogen) atoms. The lowest BCUT2D eigenvalue weighted by Gasteiger charge is -2.28. The highest BCUT2D eigenvalue weighted by Gasteiger charge is 2.22. The lowest BCUT2D eigenvalue weighted by molar-refractivity contribution is 0.122. The minimum Gasteiger partial charge on any atom is -0.497 e. The molecule has 1 aliphatic heterocycles. The van der Waals surface area contributed by atoms with Crippen LogP contribution in [-0.4, -0.2) is 69.1 Å². The van der Waals surface area contributed by atoms with Gasteiger partial charge < -0.3 is 14.4 Å². The Balaban J connectivity index is 1.85. The maximum Gasteiger partial charge on any atom is 0.264 e. The predicted molar refractivity (Wildman–Crippen MR) is 122 cm³/mol. The molecule has 0 saturated carbocycles. The number of fused-ring (bicyclic) bond motifs is 1. The van der Waals surface area contributed by atoms with Crippen molar-refractivity contribution in [3.8, 4) is 17.0 Å². The van der Waals surface area contributed by atoms with Crippen LogP contribution in [0, 0.1) is 0 Å². The molecule has 3 heterocycles. The standard InChI is InChI=1S/C21H25ClN4O5S/c1-29-16-5-3-4-15(12-16)18-14-26-19(6-9-31-32(2,27)28)17(13-22)23-21(26)20(24-18)25-7-10-30-11-8-25/h3-5,12,14H,6-11,13H2,1-2H3. The molecule has 2 aromatic heterocycles. The zero-order chi connectivity index (χ0) is 22.7. The molecule has 0 amide bonds. The van der Waals surface area contributed by atoms with Crippen molar-refractivity contribution in [2.45, 2.75) is 12.3 Å². The molecule has 1 aliphatic rings. The maximum atomic E-state index is 11.4. The van der Waals surface area contributed by atoms with E-state index in [4.69, 9.17) is 35.2 Å². The third-order valence-electron chi connectivity index (χ3n) is 5.21. The number of ether oxygens (including phenoxy) is 2. The van der Waals surface area contributed by atoms with Crippen LogP contribution in [0.4, 0.5) is 5.82 Å². The highest BCUT2D eigenvalue weighted by molar-refractivity contribution is 7.85. The summed E-state index contributed by atoms with van der Waals surface area (Å²) in [5, 5.41) is 0. The first-order valence-corrected chi connectivity index (χ1v) is 12.5. The monoisotopic (exact) mass is 480 g/mol. The van der Waals surface area contributed by atoms with Crippen LogP contribution in [0.3, 0.4) is 0 Å². The number of aromatic nitrogens is 3. The number of benzene rings is 1. The fourth-order valence-corrected chi connectivity index (χ4v) is 4.30. The van der Waals surface area contributed by atoms with Gasteiger partial charge in [0.05, 0.1) is 50.5 Å². The van der Waals surface area contributed by atoms with Crippen LogP contribution >= 0.6 is 11.6 Å². The Morgan fingerprint density at radius 1 is 1.22 bits per heavy atom. The highest BCUT2D eigenvalue weighted by Crippen LogP contribution is 2.30. The van der Waals surface area contributed by atoms with Crippen molar-refractivity contribution >= 4 is 33.2 Å². The zero-order valence-electron chi connectivity index (χ0n) is 18.0. The maximum absolute atomic E-state index is 11.4. The van der Waals surface area contributed by atoms with E-state index < -0.39 is 10.1 Å². The van der Waals surface area contributed by atoms with E-state index in [-0.39, 0.29) is 12.5 Å². The van der Waals surface area contributed by atoms with Gasteiger partial charge in [-0.05, 0) is 12.1 Å². The molecule has 172 valence electrons. The molecule has 0 bridgehead atoms. The molecule has 4 rings (SSSR count). The number of halogens is 1. The summed E-state index contributed by atoms with van der Waals surface area (Å²) in [4.78, 5) is 11.8. The van der Waals surface area contributed by atoms with E-state index in [0.29, 0.717) is 44.1 Å². The normalized spacial score (nSPS) is 14.8. The minimum atomic E-state index is -3.55.